The number of carbonyl (C=O) groups is 1. The second-order valence-corrected chi connectivity index (χ2v) is 5.46. The molecule has 0 N–H and O–H groups in total. The predicted octanol–water partition coefficient (Wildman–Crippen LogP) is 1.83. The standard InChI is InChI=1S/C9H16O2S2/c1-11-4-2-3-8(10)9-7-12-5-6-13-9/h9H,2-7H2,1H3. The SMILES string of the molecule is COCCCC(=O)C1CSCCS1. The van der Waals surface area contributed by atoms with E-state index in [4.69, 9.17) is 4.74 Å². The van der Waals surface area contributed by atoms with Crippen LogP contribution in [0.2, 0.25) is 0 Å². The Bertz CT molecular complexity index is 156. The first-order valence-corrected chi connectivity index (χ1v) is 6.76. The van der Waals surface area contributed by atoms with Gasteiger partial charge >= 0.3 is 0 Å². The number of hydrogen-bond acceptors (Lipinski definition) is 4. The number of hydrogen-bond donors (Lipinski definition) is 0. The Kier molecular flexibility index (Phi) is 5.91. The molecule has 1 rings (SSSR count). The third-order valence-electron chi connectivity index (χ3n) is 1.95. The molecule has 0 aromatic carbocycles. The maximum Gasteiger partial charge on any atom is 0.146 e. The summed E-state index contributed by atoms with van der Waals surface area (Å²) in [5, 5.41) is 0.260. The van der Waals surface area contributed by atoms with Gasteiger partial charge in [0.15, 0.2) is 0 Å². The number of rotatable bonds is 5. The van der Waals surface area contributed by atoms with E-state index in [9.17, 15) is 4.79 Å². The van der Waals surface area contributed by atoms with Crippen molar-refractivity contribution in [2.24, 2.45) is 0 Å². The lowest BCUT2D eigenvalue weighted by atomic mass is 10.2. The molecule has 1 heterocycles. The number of carbonyl (C=O) groups excluding carboxylic acids is 1. The summed E-state index contributed by atoms with van der Waals surface area (Å²) in [5.41, 5.74) is 0. The van der Waals surface area contributed by atoms with Crippen LogP contribution in [0.15, 0.2) is 0 Å². The summed E-state index contributed by atoms with van der Waals surface area (Å²) in [6.45, 7) is 0.705. The van der Waals surface area contributed by atoms with Crippen molar-refractivity contribution in [2.75, 3.05) is 31.0 Å². The summed E-state index contributed by atoms with van der Waals surface area (Å²) < 4.78 is 4.92. The van der Waals surface area contributed by atoms with E-state index in [1.165, 1.54) is 5.75 Å². The largest absolute Gasteiger partial charge is 0.385 e. The quantitative estimate of drug-likeness (QED) is 0.660. The van der Waals surface area contributed by atoms with Crippen molar-refractivity contribution in [2.45, 2.75) is 18.1 Å². The van der Waals surface area contributed by atoms with Crippen molar-refractivity contribution in [3.05, 3.63) is 0 Å². The first kappa shape index (κ1) is 11.4. The highest BCUT2D eigenvalue weighted by atomic mass is 32.2. The minimum Gasteiger partial charge on any atom is -0.385 e. The van der Waals surface area contributed by atoms with Gasteiger partial charge in [-0.3, -0.25) is 4.79 Å². The molecule has 1 atom stereocenters. The third kappa shape index (κ3) is 4.38. The molecule has 0 spiro atoms. The van der Waals surface area contributed by atoms with Crippen LogP contribution in [0.5, 0.6) is 0 Å². The van der Waals surface area contributed by atoms with Gasteiger partial charge in [-0.1, -0.05) is 0 Å². The summed E-state index contributed by atoms with van der Waals surface area (Å²) in [7, 11) is 1.68. The van der Waals surface area contributed by atoms with Crippen LogP contribution < -0.4 is 0 Å². The van der Waals surface area contributed by atoms with Gasteiger partial charge in [0.1, 0.15) is 5.78 Å². The average molecular weight is 220 g/mol. The number of ether oxygens (including phenoxy) is 1. The van der Waals surface area contributed by atoms with Crippen LogP contribution in [0.4, 0.5) is 0 Å². The van der Waals surface area contributed by atoms with Crippen LogP contribution in [-0.2, 0) is 9.53 Å². The van der Waals surface area contributed by atoms with E-state index in [1.54, 1.807) is 7.11 Å². The summed E-state index contributed by atoms with van der Waals surface area (Å²) in [4.78, 5) is 11.6. The van der Waals surface area contributed by atoms with E-state index in [-0.39, 0.29) is 5.25 Å². The van der Waals surface area contributed by atoms with Crippen molar-refractivity contribution >= 4 is 29.3 Å². The first-order valence-electron chi connectivity index (χ1n) is 4.55. The van der Waals surface area contributed by atoms with E-state index < -0.39 is 0 Å². The van der Waals surface area contributed by atoms with Gasteiger partial charge in [-0.25, -0.2) is 0 Å². The lowest BCUT2D eigenvalue weighted by Gasteiger charge is -2.19. The summed E-state index contributed by atoms with van der Waals surface area (Å²) in [6, 6.07) is 0. The zero-order valence-corrected chi connectivity index (χ0v) is 9.59. The van der Waals surface area contributed by atoms with Gasteiger partial charge in [0.25, 0.3) is 0 Å². The maximum absolute atomic E-state index is 11.6. The second-order valence-electron chi connectivity index (χ2n) is 3.00. The van der Waals surface area contributed by atoms with Gasteiger partial charge in [-0.15, -0.1) is 11.8 Å². The molecule has 1 unspecified atom stereocenters. The Balaban J connectivity index is 2.13. The van der Waals surface area contributed by atoms with Gasteiger partial charge in [0.05, 0.1) is 5.25 Å². The molecule has 1 aliphatic heterocycles. The van der Waals surface area contributed by atoms with E-state index in [0.717, 1.165) is 17.9 Å². The summed E-state index contributed by atoms with van der Waals surface area (Å²) >= 11 is 3.72. The molecule has 0 aromatic rings. The van der Waals surface area contributed by atoms with Gasteiger partial charge in [-0.05, 0) is 6.42 Å². The normalized spacial score (nSPS) is 23.0. The Morgan fingerprint density at radius 2 is 2.38 bits per heavy atom. The smallest absolute Gasteiger partial charge is 0.146 e. The van der Waals surface area contributed by atoms with Crippen molar-refractivity contribution in [1.82, 2.24) is 0 Å². The van der Waals surface area contributed by atoms with E-state index in [1.807, 2.05) is 23.5 Å². The van der Waals surface area contributed by atoms with E-state index in [0.29, 0.717) is 18.8 Å². The fourth-order valence-corrected chi connectivity index (χ4v) is 3.91. The van der Waals surface area contributed by atoms with Gasteiger partial charge in [-0.2, -0.15) is 11.8 Å². The molecule has 0 radical (unpaired) electrons. The van der Waals surface area contributed by atoms with Crippen LogP contribution in [0.1, 0.15) is 12.8 Å². The van der Waals surface area contributed by atoms with Crippen LogP contribution in [0.25, 0.3) is 0 Å². The second kappa shape index (κ2) is 6.74. The van der Waals surface area contributed by atoms with Crippen LogP contribution in [0.3, 0.4) is 0 Å². The molecule has 0 amide bonds. The molecule has 1 saturated heterocycles. The maximum atomic E-state index is 11.6. The molecule has 2 nitrogen and oxygen atoms in total. The number of thioether (sulfide) groups is 2. The molecule has 1 aliphatic rings. The number of Topliss-reactive ketones (excluding diaryl/α,β-unsaturated/α-hetero) is 1. The van der Waals surface area contributed by atoms with Gasteiger partial charge < -0.3 is 4.74 Å². The summed E-state index contributed by atoms with van der Waals surface area (Å²) in [5.74, 6) is 3.75. The number of ketones is 1. The fourth-order valence-electron chi connectivity index (χ4n) is 1.23. The highest BCUT2D eigenvalue weighted by molar-refractivity contribution is 8.07. The fraction of sp³-hybridized carbons (Fsp3) is 0.889. The molecule has 1 fully saturated rings. The highest BCUT2D eigenvalue weighted by Gasteiger charge is 2.21. The topological polar surface area (TPSA) is 26.3 Å². The Labute approximate surface area is 88.2 Å². The number of methoxy groups -OCH3 is 1. The predicted molar refractivity (Wildman–Crippen MR) is 59.7 cm³/mol. The average Bonchev–Trinajstić information content (AvgIpc) is 2.19. The summed E-state index contributed by atoms with van der Waals surface area (Å²) in [6.07, 6.45) is 1.56. The van der Waals surface area contributed by atoms with Gasteiger partial charge in [0.2, 0.25) is 0 Å². The molecular formula is C9H16O2S2. The molecule has 0 aromatic heterocycles. The molecule has 0 bridgehead atoms. The zero-order valence-electron chi connectivity index (χ0n) is 7.95. The monoisotopic (exact) mass is 220 g/mol. The van der Waals surface area contributed by atoms with Crippen LogP contribution in [-0.4, -0.2) is 42.0 Å². The van der Waals surface area contributed by atoms with Crippen LogP contribution in [0, 0.1) is 0 Å². The Hall–Kier alpha value is 0.330. The van der Waals surface area contributed by atoms with Crippen molar-refractivity contribution in [3.63, 3.8) is 0 Å². The molecule has 13 heavy (non-hydrogen) atoms. The Morgan fingerprint density at radius 3 is 3.00 bits per heavy atom. The molecule has 0 aliphatic carbocycles. The first-order chi connectivity index (χ1) is 6.34. The lowest BCUT2D eigenvalue weighted by molar-refractivity contribution is -0.118. The molecule has 4 heteroatoms. The lowest BCUT2D eigenvalue weighted by Crippen LogP contribution is -2.24. The van der Waals surface area contributed by atoms with Crippen molar-refractivity contribution in [3.8, 4) is 0 Å². The van der Waals surface area contributed by atoms with E-state index >= 15 is 0 Å². The molecule has 76 valence electrons. The van der Waals surface area contributed by atoms with Crippen molar-refractivity contribution < 1.29 is 9.53 Å². The zero-order chi connectivity index (χ0) is 9.52. The third-order valence-corrected chi connectivity index (χ3v) is 4.75. The van der Waals surface area contributed by atoms with Crippen molar-refractivity contribution in [1.29, 1.82) is 0 Å². The molecule has 0 saturated carbocycles. The van der Waals surface area contributed by atoms with E-state index in [2.05, 4.69) is 0 Å². The molecular weight excluding hydrogens is 204 g/mol. The Morgan fingerprint density at radius 1 is 1.54 bits per heavy atom. The minimum atomic E-state index is 0.260. The minimum absolute atomic E-state index is 0.260. The van der Waals surface area contributed by atoms with Crippen LogP contribution >= 0.6 is 23.5 Å². The highest BCUT2D eigenvalue weighted by Crippen LogP contribution is 2.25. The van der Waals surface area contributed by atoms with Gasteiger partial charge in [0, 0.05) is 37.4 Å².